The summed E-state index contributed by atoms with van der Waals surface area (Å²) in [5.41, 5.74) is 6.18. The second kappa shape index (κ2) is 8.63. The minimum Gasteiger partial charge on any atom is -0.490 e. The molecule has 2 aliphatic rings. The van der Waals surface area contributed by atoms with Crippen LogP contribution in [0.3, 0.4) is 0 Å². The fourth-order valence-corrected chi connectivity index (χ4v) is 4.28. The van der Waals surface area contributed by atoms with Crippen molar-refractivity contribution in [2.24, 2.45) is 11.8 Å². The second-order valence-corrected chi connectivity index (χ2v) is 9.31. The maximum Gasteiger partial charge on any atom is 0.165 e. The van der Waals surface area contributed by atoms with E-state index in [1.165, 1.54) is 22.3 Å². The zero-order valence-corrected chi connectivity index (χ0v) is 18.5. The highest BCUT2D eigenvalue weighted by Crippen LogP contribution is 2.40. The number of ether oxygens (including phenoxy) is 1. The average Bonchev–Trinajstić information content (AvgIpc) is 3.21. The minimum absolute atomic E-state index is 0.0422. The van der Waals surface area contributed by atoms with Crippen molar-refractivity contribution in [1.29, 1.82) is 0 Å². The molecule has 0 N–H and O–H groups in total. The molecule has 0 spiro atoms. The molecular formula is C28H32O2. The number of rotatable bonds is 7. The second-order valence-electron chi connectivity index (χ2n) is 9.31. The molecule has 0 bridgehead atoms. The molecule has 1 fully saturated rings. The normalized spacial score (nSPS) is 20.7. The third kappa shape index (κ3) is 4.43. The highest BCUT2D eigenvalue weighted by molar-refractivity contribution is 5.97. The van der Waals surface area contributed by atoms with Gasteiger partial charge in [-0.05, 0) is 59.9 Å². The van der Waals surface area contributed by atoms with Gasteiger partial charge in [-0.15, -0.1) is 0 Å². The Morgan fingerprint density at radius 3 is 2.37 bits per heavy atom. The lowest BCUT2D eigenvalue weighted by Gasteiger charge is -2.36. The first-order valence-electron chi connectivity index (χ1n) is 11.2. The van der Waals surface area contributed by atoms with Crippen molar-refractivity contribution < 1.29 is 9.53 Å². The van der Waals surface area contributed by atoms with Crippen molar-refractivity contribution in [3.63, 3.8) is 0 Å². The lowest BCUT2D eigenvalue weighted by Crippen LogP contribution is -2.32. The maximum absolute atomic E-state index is 12.1. The number of carbonyl (C=O) groups is 1. The highest BCUT2D eigenvalue weighted by Gasteiger charge is 2.32. The van der Waals surface area contributed by atoms with Gasteiger partial charge in [0.15, 0.2) is 5.78 Å². The quantitative estimate of drug-likeness (QED) is 0.459. The van der Waals surface area contributed by atoms with Crippen molar-refractivity contribution in [2.45, 2.75) is 59.0 Å². The predicted molar refractivity (Wildman–Crippen MR) is 124 cm³/mol. The van der Waals surface area contributed by atoms with Crippen molar-refractivity contribution in [3.05, 3.63) is 82.9 Å². The van der Waals surface area contributed by atoms with Crippen LogP contribution in [-0.2, 0) is 0 Å². The first-order valence-corrected chi connectivity index (χ1v) is 11.2. The summed E-state index contributed by atoms with van der Waals surface area (Å²) in [6.45, 7) is 8.40. The molecule has 4 rings (SSSR count). The fraction of sp³-hybridized carbons (Fsp3) is 0.393. The molecule has 0 aliphatic heterocycles. The number of allylic oxidation sites excluding steroid dienone is 4. The molecule has 1 saturated carbocycles. The Morgan fingerprint density at radius 2 is 1.73 bits per heavy atom. The first kappa shape index (κ1) is 20.7. The third-order valence-electron chi connectivity index (χ3n) is 6.40. The summed E-state index contributed by atoms with van der Waals surface area (Å²) < 4.78 is 6.27. The minimum atomic E-state index is 0.0422. The Labute approximate surface area is 180 Å². The van der Waals surface area contributed by atoms with E-state index in [1.54, 1.807) is 0 Å². The van der Waals surface area contributed by atoms with Gasteiger partial charge in [-0.1, -0.05) is 81.8 Å². The van der Waals surface area contributed by atoms with E-state index in [4.69, 9.17) is 4.74 Å². The Balaban J connectivity index is 1.34. The van der Waals surface area contributed by atoms with Gasteiger partial charge in [0.25, 0.3) is 0 Å². The lowest BCUT2D eigenvalue weighted by molar-refractivity contribution is 0.0937. The molecule has 0 saturated heterocycles. The molecule has 156 valence electrons. The van der Waals surface area contributed by atoms with Crippen LogP contribution in [0.15, 0.2) is 66.3 Å². The molecule has 0 aromatic heterocycles. The van der Waals surface area contributed by atoms with E-state index in [0.717, 1.165) is 30.6 Å². The van der Waals surface area contributed by atoms with E-state index in [-0.39, 0.29) is 17.8 Å². The van der Waals surface area contributed by atoms with Crippen molar-refractivity contribution in [2.75, 3.05) is 0 Å². The number of carbonyl (C=O) groups excluding carboxylic acids is 1. The van der Waals surface area contributed by atoms with E-state index >= 15 is 0 Å². The van der Waals surface area contributed by atoms with Crippen LogP contribution in [0.1, 0.15) is 74.4 Å². The molecule has 2 aromatic rings. The molecule has 2 aromatic carbocycles. The van der Waals surface area contributed by atoms with Crippen LogP contribution in [-0.4, -0.2) is 11.9 Å². The molecule has 0 atom stereocenters. The monoisotopic (exact) mass is 400 g/mol. The summed E-state index contributed by atoms with van der Waals surface area (Å²) in [5, 5.41) is 0. The smallest absolute Gasteiger partial charge is 0.165 e. The standard InChI is InChI=1S/C28H32O2/c1-18(2)22-12-13-24(14-22)23-6-5-7-26(15-23)30-27-16-25(17-27)20-8-10-21(11-9-20)28(29)19(3)4/h5-11,13-15,18-19,25,27H,12,16-17H2,1-4H3. The summed E-state index contributed by atoms with van der Waals surface area (Å²) in [6.07, 6.45) is 8.04. The van der Waals surface area contributed by atoms with Crippen molar-refractivity contribution in [1.82, 2.24) is 0 Å². The number of hydrogen-bond donors (Lipinski definition) is 0. The summed E-state index contributed by atoms with van der Waals surface area (Å²) >= 11 is 0. The summed E-state index contributed by atoms with van der Waals surface area (Å²) in [6, 6.07) is 16.7. The zero-order chi connectivity index (χ0) is 21.3. The van der Waals surface area contributed by atoms with Crippen molar-refractivity contribution >= 4 is 11.4 Å². The molecule has 0 amide bonds. The Morgan fingerprint density at radius 1 is 1.00 bits per heavy atom. The van der Waals surface area contributed by atoms with Crippen LogP contribution in [0.25, 0.3) is 5.57 Å². The average molecular weight is 401 g/mol. The van der Waals surface area contributed by atoms with Crippen LogP contribution in [0.5, 0.6) is 5.75 Å². The van der Waals surface area contributed by atoms with E-state index < -0.39 is 0 Å². The number of hydrogen-bond acceptors (Lipinski definition) is 2. The number of ketones is 1. The Kier molecular flexibility index (Phi) is 5.94. The van der Waals surface area contributed by atoms with E-state index in [0.29, 0.717) is 11.8 Å². The molecule has 0 radical (unpaired) electrons. The van der Waals surface area contributed by atoms with Gasteiger partial charge >= 0.3 is 0 Å². The van der Waals surface area contributed by atoms with Crippen LogP contribution in [0.2, 0.25) is 0 Å². The molecule has 2 heteroatoms. The van der Waals surface area contributed by atoms with E-state index in [2.05, 4.69) is 62.4 Å². The highest BCUT2D eigenvalue weighted by atomic mass is 16.5. The topological polar surface area (TPSA) is 26.3 Å². The fourth-order valence-electron chi connectivity index (χ4n) is 4.28. The van der Waals surface area contributed by atoms with Gasteiger partial charge in [0.05, 0.1) is 6.10 Å². The Bertz CT molecular complexity index is 970. The summed E-state index contributed by atoms with van der Waals surface area (Å²) in [5.74, 6) is 2.34. The maximum atomic E-state index is 12.1. The lowest BCUT2D eigenvalue weighted by atomic mass is 9.77. The van der Waals surface area contributed by atoms with Gasteiger partial charge in [0.1, 0.15) is 5.75 Å². The van der Waals surface area contributed by atoms with Gasteiger partial charge in [0.2, 0.25) is 0 Å². The zero-order valence-electron chi connectivity index (χ0n) is 18.5. The SMILES string of the molecule is CC(C)C(=O)c1ccc(C2CC(Oc3cccc(C4=CCC(C(C)C)=C4)c3)C2)cc1. The van der Waals surface area contributed by atoms with Gasteiger partial charge in [0, 0.05) is 11.5 Å². The molecule has 2 nitrogen and oxygen atoms in total. The van der Waals surface area contributed by atoms with Crippen LogP contribution in [0, 0.1) is 11.8 Å². The van der Waals surface area contributed by atoms with Gasteiger partial charge in [-0.3, -0.25) is 4.79 Å². The largest absolute Gasteiger partial charge is 0.490 e. The molecule has 0 heterocycles. The molecular weight excluding hydrogens is 368 g/mol. The summed E-state index contributed by atoms with van der Waals surface area (Å²) in [4.78, 5) is 12.1. The van der Waals surface area contributed by atoms with Gasteiger partial charge in [-0.2, -0.15) is 0 Å². The van der Waals surface area contributed by atoms with E-state index in [1.807, 2.05) is 26.0 Å². The number of Topliss-reactive ketones (excluding diaryl/α,β-unsaturated/α-hetero) is 1. The van der Waals surface area contributed by atoms with Crippen LogP contribution < -0.4 is 4.74 Å². The summed E-state index contributed by atoms with van der Waals surface area (Å²) in [7, 11) is 0. The van der Waals surface area contributed by atoms with E-state index in [9.17, 15) is 4.79 Å². The third-order valence-corrected chi connectivity index (χ3v) is 6.40. The Hall–Kier alpha value is -2.61. The van der Waals surface area contributed by atoms with Crippen molar-refractivity contribution in [3.8, 4) is 5.75 Å². The van der Waals surface area contributed by atoms with Crippen LogP contribution in [0.4, 0.5) is 0 Å². The van der Waals surface area contributed by atoms with Gasteiger partial charge < -0.3 is 4.74 Å². The molecule has 30 heavy (non-hydrogen) atoms. The first-order chi connectivity index (χ1) is 14.4. The van der Waals surface area contributed by atoms with Crippen LogP contribution >= 0.6 is 0 Å². The predicted octanol–water partition coefficient (Wildman–Crippen LogP) is 7.22. The number of benzene rings is 2. The molecule has 2 aliphatic carbocycles. The van der Waals surface area contributed by atoms with Gasteiger partial charge in [-0.25, -0.2) is 0 Å². The molecule has 0 unspecified atom stereocenters.